The van der Waals surface area contributed by atoms with Crippen LogP contribution in [0, 0.1) is 0 Å². The largest absolute Gasteiger partial charge is 0.489 e. The van der Waals surface area contributed by atoms with Gasteiger partial charge in [0.05, 0.1) is 18.7 Å². The Balaban J connectivity index is 1.57. The molecular weight excluding hydrogens is 402 g/mol. The Hall–Kier alpha value is -2.93. The number of esters is 1. The van der Waals surface area contributed by atoms with E-state index in [1.54, 1.807) is 0 Å². The Bertz CT molecular complexity index is 1060. The summed E-state index contributed by atoms with van der Waals surface area (Å²) in [6.07, 6.45) is 1.23. The molecule has 2 atom stereocenters. The lowest BCUT2D eigenvalue weighted by atomic mass is 9.90. The summed E-state index contributed by atoms with van der Waals surface area (Å²) in [5.41, 5.74) is 14.5. The number of nitrogens with two attached hydrogens (primary N) is 2. The molecule has 1 fully saturated rings. The number of ether oxygens (including phenoxy) is 2. The van der Waals surface area contributed by atoms with Gasteiger partial charge in [0.15, 0.2) is 0 Å². The van der Waals surface area contributed by atoms with Crippen LogP contribution in [-0.2, 0) is 16.0 Å². The summed E-state index contributed by atoms with van der Waals surface area (Å²) >= 11 is 0. The van der Waals surface area contributed by atoms with Crippen molar-refractivity contribution < 1.29 is 14.3 Å². The molecule has 0 amide bonds. The quantitative estimate of drug-likeness (QED) is 0.372. The van der Waals surface area contributed by atoms with Crippen molar-refractivity contribution in [2.45, 2.75) is 38.0 Å². The molecule has 32 heavy (non-hydrogen) atoms. The van der Waals surface area contributed by atoms with Crippen molar-refractivity contribution >= 4 is 16.7 Å². The second-order valence-corrected chi connectivity index (χ2v) is 8.28. The van der Waals surface area contributed by atoms with Gasteiger partial charge < -0.3 is 26.3 Å². The van der Waals surface area contributed by atoms with E-state index in [1.165, 1.54) is 0 Å². The van der Waals surface area contributed by atoms with Crippen molar-refractivity contribution in [3.05, 3.63) is 77.4 Å². The lowest BCUT2D eigenvalue weighted by molar-refractivity contribution is -0.144. The van der Waals surface area contributed by atoms with Crippen molar-refractivity contribution in [3.8, 4) is 5.75 Å². The Labute approximate surface area is 188 Å². The van der Waals surface area contributed by atoms with Gasteiger partial charge >= 0.3 is 5.97 Å². The second kappa shape index (κ2) is 10.1. The highest BCUT2D eigenvalue weighted by Crippen LogP contribution is 2.28. The highest BCUT2D eigenvalue weighted by atomic mass is 16.5. The first kappa shape index (κ1) is 22.3. The van der Waals surface area contributed by atoms with Gasteiger partial charge in [-0.3, -0.25) is 4.79 Å². The molecule has 0 spiro atoms. The van der Waals surface area contributed by atoms with Crippen molar-refractivity contribution in [1.29, 1.82) is 0 Å². The van der Waals surface area contributed by atoms with E-state index in [2.05, 4.69) is 23.5 Å². The van der Waals surface area contributed by atoms with E-state index in [0.717, 1.165) is 52.7 Å². The summed E-state index contributed by atoms with van der Waals surface area (Å²) in [4.78, 5) is 12.8. The minimum Gasteiger partial charge on any atom is -0.489 e. The van der Waals surface area contributed by atoms with Crippen molar-refractivity contribution in [1.82, 2.24) is 5.32 Å². The molecule has 3 aromatic carbocycles. The van der Waals surface area contributed by atoms with E-state index in [0.29, 0.717) is 13.0 Å². The Morgan fingerprint density at radius 2 is 1.78 bits per heavy atom. The molecule has 3 aromatic rings. The number of nitrogens with one attached hydrogen (secondary N) is 1. The van der Waals surface area contributed by atoms with Gasteiger partial charge in [-0.2, -0.15) is 0 Å². The molecule has 1 heterocycles. The van der Waals surface area contributed by atoms with Crippen molar-refractivity contribution in [2.24, 2.45) is 11.5 Å². The third kappa shape index (κ3) is 5.27. The molecule has 1 aliphatic rings. The van der Waals surface area contributed by atoms with E-state index in [-0.39, 0.29) is 12.1 Å². The minimum atomic E-state index is -0.518. The SMILES string of the molecule is CCOC(=O)[C@@H](Cc1ccc2ccc(C(N)N)cc2c1)c1ccc(O[C@H]2CCNC2)cc1. The summed E-state index contributed by atoms with van der Waals surface area (Å²) in [6.45, 7) is 4.03. The number of benzene rings is 3. The number of rotatable bonds is 8. The molecular formula is C26H31N3O3. The second-order valence-electron chi connectivity index (χ2n) is 8.28. The fourth-order valence-corrected chi connectivity index (χ4v) is 4.16. The van der Waals surface area contributed by atoms with Gasteiger partial charge in [0, 0.05) is 6.54 Å². The van der Waals surface area contributed by atoms with Crippen molar-refractivity contribution in [3.63, 3.8) is 0 Å². The first-order valence-electron chi connectivity index (χ1n) is 11.2. The zero-order valence-electron chi connectivity index (χ0n) is 18.4. The number of hydrogen-bond acceptors (Lipinski definition) is 6. The van der Waals surface area contributed by atoms with Crippen LogP contribution in [-0.4, -0.2) is 31.8 Å². The highest BCUT2D eigenvalue weighted by Gasteiger charge is 2.23. The third-order valence-electron chi connectivity index (χ3n) is 5.92. The maximum absolute atomic E-state index is 12.8. The molecule has 1 saturated heterocycles. The molecule has 0 bridgehead atoms. The average molecular weight is 434 g/mol. The number of carbonyl (C=O) groups excluding carboxylic acids is 1. The third-order valence-corrected chi connectivity index (χ3v) is 5.92. The Morgan fingerprint density at radius 3 is 2.47 bits per heavy atom. The van der Waals surface area contributed by atoms with Gasteiger partial charge in [0.2, 0.25) is 0 Å². The summed E-state index contributed by atoms with van der Waals surface area (Å²) in [7, 11) is 0. The molecule has 168 valence electrons. The van der Waals surface area contributed by atoms with Crippen molar-refractivity contribution in [2.75, 3.05) is 19.7 Å². The normalized spacial score (nSPS) is 16.9. The standard InChI is InChI=1S/C26H31N3O3/c1-2-31-26(30)24(19-7-9-22(10-8-19)32-23-11-12-29-16-23)14-17-3-4-18-5-6-20(25(27)28)15-21(18)13-17/h3-10,13,15,23-25,29H,2,11-12,14,16,27-28H2,1H3/t23-,24-/m0/s1. The minimum absolute atomic E-state index is 0.200. The predicted octanol–water partition coefficient (Wildman–Crippen LogP) is 3.39. The van der Waals surface area contributed by atoms with Gasteiger partial charge in [-0.1, -0.05) is 42.5 Å². The highest BCUT2D eigenvalue weighted by molar-refractivity contribution is 5.84. The van der Waals surface area contributed by atoms with Crippen LogP contribution in [0.4, 0.5) is 0 Å². The van der Waals surface area contributed by atoms with Crippen LogP contribution in [0.25, 0.3) is 10.8 Å². The van der Waals surface area contributed by atoms with Gasteiger partial charge in [-0.05, 0) is 72.0 Å². The molecule has 6 heteroatoms. The summed E-state index contributed by atoms with van der Waals surface area (Å²) in [5.74, 6) is 0.204. The van der Waals surface area contributed by atoms with Crippen LogP contribution in [0.1, 0.15) is 42.1 Å². The van der Waals surface area contributed by atoms with Gasteiger partial charge in [-0.25, -0.2) is 0 Å². The lowest BCUT2D eigenvalue weighted by Crippen LogP contribution is -2.20. The maximum atomic E-state index is 12.8. The molecule has 0 aliphatic carbocycles. The van der Waals surface area contributed by atoms with Crippen LogP contribution >= 0.6 is 0 Å². The average Bonchev–Trinajstić information content (AvgIpc) is 3.31. The molecule has 5 N–H and O–H groups in total. The van der Waals surface area contributed by atoms with Crippen LogP contribution in [0.5, 0.6) is 5.75 Å². The molecule has 6 nitrogen and oxygen atoms in total. The summed E-state index contributed by atoms with van der Waals surface area (Å²) in [5, 5.41) is 5.46. The van der Waals surface area contributed by atoms with E-state index < -0.39 is 12.1 Å². The van der Waals surface area contributed by atoms with Crippen LogP contribution in [0.15, 0.2) is 60.7 Å². The molecule has 0 radical (unpaired) electrons. The zero-order valence-corrected chi connectivity index (χ0v) is 18.4. The van der Waals surface area contributed by atoms with Crippen LogP contribution in [0.2, 0.25) is 0 Å². The molecule has 4 rings (SSSR count). The zero-order chi connectivity index (χ0) is 22.5. The molecule has 0 unspecified atom stereocenters. The van der Waals surface area contributed by atoms with Crippen LogP contribution < -0.4 is 21.5 Å². The monoisotopic (exact) mass is 433 g/mol. The molecule has 0 saturated carbocycles. The molecule has 0 aromatic heterocycles. The van der Waals surface area contributed by atoms with Gasteiger partial charge in [-0.15, -0.1) is 0 Å². The fourth-order valence-electron chi connectivity index (χ4n) is 4.16. The topological polar surface area (TPSA) is 99.6 Å². The first-order valence-corrected chi connectivity index (χ1v) is 11.2. The van der Waals surface area contributed by atoms with Gasteiger partial charge in [0.25, 0.3) is 0 Å². The number of hydrogen-bond donors (Lipinski definition) is 3. The number of carbonyl (C=O) groups is 1. The van der Waals surface area contributed by atoms with Gasteiger partial charge in [0.1, 0.15) is 11.9 Å². The smallest absolute Gasteiger partial charge is 0.313 e. The summed E-state index contributed by atoms with van der Waals surface area (Å²) in [6, 6.07) is 20.0. The lowest BCUT2D eigenvalue weighted by Gasteiger charge is -2.18. The Kier molecular flexibility index (Phi) is 7.05. The van der Waals surface area contributed by atoms with Crippen LogP contribution in [0.3, 0.4) is 0 Å². The fraction of sp³-hybridized carbons (Fsp3) is 0.346. The first-order chi connectivity index (χ1) is 15.5. The maximum Gasteiger partial charge on any atom is 0.313 e. The predicted molar refractivity (Wildman–Crippen MR) is 126 cm³/mol. The molecule has 1 aliphatic heterocycles. The van der Waals surface area contributed by atoms with E-state index in [9.17, 15) is 4.79 Å². The summed E-state index contributed by atoms with van der Waals surface area (Å²) < 4.78 is 11.4. The number of fused-ring (bicyclic) bond motifs is 1. The van der Waals surface area contributed by atoms with E-state index in [1.807, 2.05) is 49.4 Å². The Morgan fingerprint density at radius 1 is 1.03 bits per heavy atom. The van der Waals surface area contributed by atoms with E-state index in [4.69, 9.17) is 20.9 Å². The van der Waals surface area contributed by atoms with E-state index >= 15 is 0 Å².